The Morgan fingerprint density at radius 2 is 1.85 bits per heavy atom. The molecule has 0 radical (unpaired) electrons. The Labute approximate surface area is 236 Å². The lowest BCUT2D eigenvalue weighted by Gasteiger charge is -2.32. The first-order valence-corrected chi connectivity index (χ1v) is 16.9. The van der Waals surface area contributed by atoms with Gasteiger partial charge in [-0.15, -0.1) is 0 Å². The van der Waals surface area contributed by atoms with Gasteiger partial charge in [0.05, 0.1) is 18.5 Å². The minimum atomic E-state index is -2.58. The van der Waals surface area contributed by atoms with Crippen molar-refractivity contribution < 1.29 is 9.30 Å². The van der Waals surface area contributed by atoms with Crippen LogP contribution in [0.2, 0.25) is 5.02 Å². The van der Waals surface area contributed by atoms with Crippen LogP contribution in [0, 0.1) is 5.92 Å². The molecule has 1 saturated carbocycles. The fourth-order valence-corrected chi connectivity index (χ4v) is 7.80. The van der Waals surface area contributed by atoms with Crippen LogP contribution in [0.1, 0.15) is 42.4 Å². The lowest BCUT2D eigenvalue weighted by molar-refractivity contribution is 0.170. The number of ether oxygens (including phenoxy) is 1. The number of benzene rings is 2. The third kappa shape index (κ3) is 5.74. The fourth-order valence-electron chi connectivity index (χ4n) is 6.47. The Bertz CT molecular complexity index is 1420. The Balaban J connectivity index is 1.18. The number of fused-ring (bicyclic) bond motifs is 2. The largest absolute Gasteiger partial charge is 0.380 e. The van der Waals surface area contributed by atoms with Crippen LogP contribution in [0.4, 0.5) is 23.1 Å². The predicted molar refractivity (Wildman–Crippen MR) is 160 cm³/mol. The van der Waals surface area contributed by atoms with E-state index < -0.39 is 7.14 Å². The van der Waals surface area contributed by atoms with E-state index in [-0.39, 0.29) is 0 Å². The Morgan fingerprint density at radius 3 is 2.56 bits per heavy atom. The predicted octanol–water partition coefficient (Wildman–Crippen LogP) is 6.35. The van der Waals surface area contributed by atoms with E-state index >= 15 is 0 Å². The molecular weight excluding hydrogens is 529 g/mol. The van der Waals surface area contributed by atoms with Crippen LogP contribution < -0.4 is 15.9 Å². The molecule has 206 valence electrons. The normalized spacial score (nSPS) is 22.6. The second-order valence-corrected chi connectivity index (χ2v) is 15.3. The zero-order valence-corrected chi connectivity index (χ0v) is 24.6. The van der Waals surface area contributed by atoms with E-state index in [1.165, 1.54) is 43.4 Å². The number of anilines is 4. The topological polar surface area (TPSA) is 79.4 Å². The number of aromatic nitrogens is 2. The van der Waals surface area contributed by atoms with Gasteiger partial charge in [0.1, 0.15) is 12.2 Å². The SMILES string of the molecule is COCc1ccc(Nc2nc(Nc3ccc4c(c3)CCC(N3CC5CC3C5)CC4)ncc2Cl)c(P(C)(C)=O)c1. The van der Waals surface area contributed by atoms with E-state index in [1.807, 2.05) is 18.2 Å². The van der Waals surface area contributed by atoms with Gasteiger partial charge in [-0.25, -0.2) is 4.98 Å². The fraction of sp³-hybridized carbons (Fsp3) is 0.467. The van der Waals surface area contributed by atoms with Crippen molar-refractivity contribution in [1.29, 1.82) is 0 Å². The summed E-state index contributed by atoms with van der Waals surface area (Å²) in [5.41, 5.74) is 5.53. The smallest absolute Gasteiger partial charge is 0.229 e. The highest BCUT2D eigenvalue weighted by Gasteiger charge is 2.45. The van der Waals surface area contributed by atoms with Crippen LogP contribution in [-0.2, 0) is 28.8 Å². The van der Waals surface area contributed by atoms with Crippen LogP contribution in [-0.4, -0.2) is 53.9 Å². The number of methoxy groups -OCH3 is 1. The average Bonchev–Trinajstić information content (AvgIpc) is 3.42. The summed E-state index contributed by atoms with van der Waals surface area (Å²) in [6.45, 7) is 5.28. The molecule has 2 bridgehead atoms. The van der Waals surface area contributed by atoms with Crippen LogP contribution in [0.25, 0.3) is 0 Å². The van der Waals surface area contributed by atoms with Crippen molar-refractivity contribution in [2.24, 2.45) is 5.92 Å². The van der Waals surface area contributed by atoms with Crippen molar-refractivity contribution in [2.45, 2.75) is 57.2 Å². The van der Waals surface area contributed by atoms with E-state index in [9.17, 15) is 4.57 Å². The molecule has 2 saturated heterocycles. The zero-order chi connectivity index (χ0) is 27.1. The highest BCUT2D eigenvalue weighted by Crippen LogP contribution is 2.44. The molecule has 3 heterocycles. The molecule has 2 aliphatic carbocycles. The highest BCUT2D eigenvalue weighted by molar-refractivity contribution is 7.70. The first-order chi connectivity index (χ1) is 18.8. The van der Waals surface area contributed by atoms with E-state index in [2.05, 4.69) is 43.7 Å². The van der Waals surface area contributed by atoms with Gasteiger partial charge in [0.2, 0.25) is 5.95 Å². The molecule has 2 aromatic carbocycles. The second kappa shape index (κ2) is 10.9. The van der Waals surface area contributed by atoms with Gasteiger partial charge in [-0.2, -0.15) is 4.98 Å². The molecular formula is C30H37ClN5O2P. The van der Waals surface area contributed by atoms with Crippen LogP contribution in [0.15, 0.2) is 42.6 Å². The molecule has 7 rings (SSSR count). The molecule has 1 aromatic heterocycles. The van der Waals surface area contributed by atoms with Crippen LogP contribution in [0.5, 0.6) is 0 Å². The number of hydrogen-bond acceptors (Lipinski definition) is 7. The van der Waals surface area contributed by atoms with Gasteiger partial charge in [0, 0.05) is 36.7 Å². The summed E-state index contributed by atoms with van der Waals surface area (Å²) in [7, 11) is -0.927. The Morgan fingerprint density at radius 1 is 1.05 bits per heavy atom. The van der Waals surface area contributed by atoms with Crippen LogP contribution in [0.3, 0.4) is 0 Å². The van der Waals surface area contributed by atoms with Crippen molar-refractivity contribution in [3.05, 3.63) is 64.3 Å². The molecule has 3 aromatic rings. The third-order valence-corrected chi connectivity index (χ3v) is 10.3. The highest BCUT2D eigenvalue weighted by atomic mass is 35.5. The average molecular weight is 566 g/mol. The van der Waals surface area contributed by atoms with Crippen molar-refractivity contribution in [1.82, 2.24) is 14.9 Å². The molecule has 2 aliphatic heterocycles. The van der Waals surface area contributed by atoms with Gasteiger partial charge >= 0.3 is 0 Å². The summed E-state index contributed by atoms with van der Waals surface area (Å²) in [5.74, 6) is 1.88. The molecule has 3 fully saturated rings. The molecule has 7 nitrogen and oxygen atoms in total. The van der Waals surface area contributed by atoms with Gasteiger partial charge in [0.25, 0.3) is 0 Å². The van der Waals surface area contributed by atoms with Gasteiger partial charge in [-0.1, -0.05) is 23.7 Å². The maximum Gasteiger partial charge on any atom is 0.229 e. The zero-order valence-electron chi connectivity index (χ0n) is 22.9. The minimum absolute atomic E-state index is 0.391. The number of hydrogen-bond donors (Lipinski definition) is 2. The van der Waals surface area contributed by atoms with E-state index in [4.69, 9.17) is 16.3 Å². The van der Waals surface area contributed by atoms with Crippen molar-refractivity contribution in [3.63, 3.8) is 0 Å². The molecule has 39 heavy (non-hydrogen) atoms. The summed E-state index contributed by atoms with van der Waals surface area (Å²) in [5, 5.41) is 7.80. The van der Waals surface area contributed by atoms with E-state index in [0.717, 1.165) is 47.4 Å². The minimum Gasteiger partial charge on any atom is -0.380 e. The molecule has 9 heteroatoms. The van der Waals surface area contributed by atoms with Gasteiger partial charge < -0.3 is 19.9 Å². The quantitative estimate of drug-likeness (QED) is 0.243. The second-order valence-electron chi connectivity index (χ2n) is 11.7. The Hall–Kier alpha value is -2.44. The summed E-state index contributed by atoms with van der Waals surface area (Å²) < 4.78 is 18.3. The first kappa shape index (κ1) is 26.8. The Kier molecular flexibility index (Phi) is 7.45. The van der Waals surface area contributed by atoms with Crippen molar-refractivity contribution in [2.75, 3.05) is 37.6 Å². The van der Waals surface area contributed by atoms with Gasteiger partial charge in [-0.3, -0.25) is 4.90 Å². The summed E-state index contributed by atoms with van der Waals surface area (Å²) in [6.07, 6.45) is 9.17. The number of halogens is 1. The molecule has 1 atom stereocenters. The van der Waals surface area contributed by atoms with Gasteiger partial charge in [-0.05, 0) is 98.7 Å². The third-order valence-electron chi connectivity index (χ3n) is 8.52. The lowest BCUT2D eigenvalue weighted by atomic mass is 9.86. The van der Waals surface area contributed by atoms with Crippen molar-refractivity contribution >= 4 is 47.2 Å². The summed E-state index contributed by atoms with van der Waals surface area (Å²) >= 11 is 6.48. The van der Waals surface area contributed by atoms with Crippen LogP contribution >= 0.6 is 18.7 Å². The lowest BCUT2D eigenvalue weighted by Crippen LogP contribution is -2.37. The molecule has 1 unspecified atom stereocenters. The maximum atomic E-state index is 13.1. The number of nitrogens with zero attached hydrogens (tertiary/aromatic N) is 3. The van der Waals surface area contributed by atoms with E-state index in [0.29, 0.717) is 29.1 Å². The molecule has 2 N–H and O–H groups in total. The number of aryl methyl sites for hydroxylation is 2. The summed E-state index contributed by atoms with van der Waals surface area (Å²) in [4.78, 5) is 11.9. The monoisotopic (exact) mass is 565 g/mol. The number of rotatable bonds is 8. The maximum absolute atomic E-state index is 13.1. The van der Waals surface area contributed by atoms with Crippen molar-refractivity contribution in [3.8, 4) is 0 Å². The summed E-state index contributed by atoms with van der Waals surface area (Å²) in [6, 6.07) is 14.0. The number of nitrogens with one attached hydrogen (secondary N) is 2. The molecule has 0 spiro atoms. The first-order valence-electron chi connectivity index (χ1n) is 13.9. The van der Waals surface area contributed by atoms with Gasteiger partial charge in [0.15, 0.2) is 5.82 Å². The van der Waals surface area contributed by atoms with E-state index in [1.54, 1.807) is 26.6 Å². The standard InChI is InChI=1S/C30H37ClN5O2P/c1-38-18-19-4-11-27(28(14-19)39(2,3)37)34-29-26(31)16-32-30(35-29)33-23-8-5-21-6-9-24(10-7-22(21)15-23)36-17-20-12-25(36)13-20/h4-5,8,11,14-16,20,24-25H,6-7,9-10,12-13,17-18H2,1-3H3,(H2,32,33,34,35). The molecule has 0 amide bonds. The molecule has 4 aliphatic rings.